The average Bonchev–Trinajstić information content (AvgIpc) is 2.56. The molecule has 0 aromatic heterocycles. The van der Waals surface area contributed by atoms with Crippen LogP contribution in [0.15, 0.2) is 53.4 Å². The molecule has 134 valence electrons. The normalized spacial score (nSPS) is 11.4. The lowest BCUT2D eigenvalue weighted by Crippen LogP contribution is -2.25. The van der Waals surface area contributed by atoms with Crippen molar-refractivity contribution in [3.63, 3.8) is 0 Å². The highest BCUT2D eigenvalue weighted by Gasteiger charge is 2.16. The Bertz CT molecular complexity index is 828. The van der Waals surface area contributed by atoms with Crippen LogP contribution >= 0.6 is 0 Å². The maximum atomic E-state index is 12.5. The number of aryl methyl sites for hydroxylation is 1. The van der Waals surface area contributed by atoms with Crippen LogP contribution in [0.1, 0.15) is 36.2 Å². The van der Waals surface area contributed by atoms with Crippen molar-refractivity contribution in [2.24, 2.45) is 5.92 Å². The molecule has 0 bridgehead atoms. The molecule has 0 atom stereocenters. The van der Waals surface area contributed by atoms with Gasteiger partial charge in [0.1, 0.15) is 0 Å². The summed E-state index contributed by atoms with van der Waals surface area (Å²) in [6.45, 7) is 6.65. The fourth-order valence-electron chi connectivity index (χ4n) is 2.22. The number of hydrogen-bond donors (Lipinski definition) is 2. The molecule has 2 aromatic rings. The second-order valence-electron chi connectivity index (χ2n) is 6.44. The van der Waals surface area contributed by atoms with Crippen LogP contribution in [0.2, 0.25) is 0 Å². The van der Waals surface area contributed by atoms with Gasteiger partial charge in [0.15, 0.2) is 0 Å². The highest BCUT2D eigenvalue weighted by atomic mass is 32.2. The van der Waals surface area contributed by atoms with Crippen molar-refractivity contribution in [2.75, 3.05) is 11.3 Å². The van der Waals surface area contributed by atoms with E-state index in [0.29, 0.717) is 23.7 Å². The monoisotopic (exact) mass is 360 g/mol. The van der Waals surface area contributed by atoms with Crippen LogP contribution in [0, 0.1) is 12.8 Å². The fourth-order valence-corrected chi connectivity index (χ4v) is 3.32. The molecule has 0 aliphatic rings. The molecular formula is C19H24N2O3S. The van der Waals surface area contributed by atoms with Crippen LogP contribution < -0.4 is 10.0 Å². The molecule has 0 saturated carbocycles. The molecule has 0 unspecified atom stereocenters. The molecule has 0 heterocycles. The number of carbonyl (C=O) groups is 1. The van der Waals surface area contributed by atoms with Crippen molar-refractivity contribution in [3.8, 4) is 0 Å². The smallest absolute Gasteiger partial charge is 0.261 e. The number of nitrogens with one attached hydrogen (secondary N) is 2. The lowest BCUT2D eigenvalue weighted by molar-refractivity contribution is 0.0952. The zero-order chi connectivity index (χ0) is 18.4. The molecule has 0 radical (unpaired) electrons. The van der Waals surface area contributed by atoms with Gasteiger partial charge in [0.2, 0.25) is 0 Å². The van der Waals surface area contributed by atoms with Gasteiger partial charge in [0.25, 0.3) is 15.9 Å². The van der Waals surface area contributed by atoms with E-state index in [4.69, 9.17) is 0 Å². The second kappa shape index (κ2) is 8.16. The molecule has 0 fully saturated rings. The first kappa shape index (κ1) is 19.0. The summed E-state index contributed by atoms with van der Waals surface area (Å²) in [6.07, 6.45) is 0.874. The quantitative estimate of drug-likeness (QED) is 0.792. The third kappa shape index (κ3) is 5.60. The van der Waals surface area contributed by atoms with Crippen LogP contribution in [-0.2, 0) is 10.0 Å². The summed E-state index contributed by atoms with van der Waals surface area (Å²) in [5, 5.41) is 2.81. The zero-order valence-corrected chi connectivity index (χ0v) is 15.6. The van der Waals surface area contributed by atoms with Crippen molar-refractivity contribution in [1.82, 2.24) is 5.32 Å². The summed E-state index contributed by atoms with van der Waals surface area (Å²) in [5.74, 6) is 0.221. The van der Waals surface area contributed by atoms with Gasteiger partial charge < -0.3 is 5.32 Å². The van der Waals surface area contributed by atoms with Gasteiger partial charge >= 0.3 is 0 Å². The Balaban J connectivity index is 2.13. The van der Waals surface area contributed by atoms with E-state index in [1.807, 2.05) is 19.1 Å². The Morgan fingerprint density at radius 2 is 1.76 bits per heavy atom. The summed E-state index contributed by atoms with van der Waals surface area (Å²) in [4.78, 5) is 12.2. The van der Waals surface area contributed by atoms with Gasteiger partial charge in [-0.15, -0.1) is 0 Å². The van der Waals surface area contributed by atoms with Crippen LogP contribution in [0.3, 0.4) is 0 Å². The minimum atomic E-state index is -3.75. The first-order valence-electron chi connectivity index (χ1n) is 8.25. The van der Waals surface area contributed by atoms with Gasteiger partial charge in [-0.2, -0.15) is 0 Å². The Labute approximate surface area is 149 Å². The number of anilines is 1. The predicted molar refractivity (Wildman–Crippen MR) is 100 cm³/mol. The second-order valence-corrected chi connectivity index (χ2v) is 8.12. The Morgan fingerprint density at radius 1 is 1.08 bits per heavy atom. The molecule has 0 aliphatic heterocycles. The molecule has 0 aliphatic carbocycles. The first-order valence-corrected chi connectivity index (χ1v) is 9.74. The summed E-state index contributed by atoms with van der Waals surface area (Å²) in [7, 11) is -3.75. The minimum absolute atomic E-state index is 0.0598. The van der Waals surface area contributed by atoms with Crippen LogP contribution in [0.25, 0.3) is 0 Å². The summed E-state index contributed by atoms with van der Waals surface area (Å²) < 4.78 is 27.6. The van der Waals surface area contributed by atoms with Crippen LogP contribution in [0.5, 0.6) is 0 Å². The van der Waals surface area contributed by atoms with Crippen LogP contribution in [0.4, 0.5) is 5.69 Å². The summed E-state index contributed by atoms with van der Waals surface area (Å²) >= 11 is 0. The van der Waals surface area contributed by atoms with E-state index >= 15 is 0 Å². The first-order chi connectivity index (χ1) is 11.8. The molecule has 2 aromatic carbocycles. The Morgan fingerprint density at radius 3 is 2.40 bits per heavy atom. The minimum Gasteiger partial charge on any atom is -0.352 e. The number of benzene rings is 2. The third-order valence-electron chi connectivity index (χ3n) is 3.72. The van der Waals surface area contributed by atoms with Gasteiger partial charge in [-0.25, -0.2) is 8.42 Å². The molecule has 1 amide bonds. The average molecular weight is 360 g/mol. The number of sulfonamides is 1. The lowest BCUT2D eigenvalue weighted by atomic mass is 10.1. The van der Waals surface area contributed by atoms with Crippen molar-refractivity contribution < 1.29 is 13.2 Å². The van der Waals surface area contributed by atoms with Crippen LogP contribution in [-0.4, -0.2) is 20.9 Å². The number of carbonyl (C=O) groups excluding carboxylic acids is 1. The Kier molecular flexibility index (Phi) is 6.20. The van der Waals surface area contributed by atoms with E-state index in [9.17, 15) is 13.2 Å². The van der Waals surface area contributed by atoms with Crippen molar-refractivity contribution in [2.45, 2.75) is 32.1 Å². The molecule has 2 rings (SSSR count). The molecule has 6 heteroatoms. The maximum Gasteiger partial charge on any atom is 0.261 e. The Hall–Kier alpha value is -2.34. The highest BCUT2D eigenvalue weighted by Crippen LogP contribution is 2.17. The van der Waals surface area contributed by atoms with Crippen molar-refractivity contribution in [1.29, 1.82) is 0 Å². The summed E-state index contributed by atoms with van der Waals surface area (Å²) in [5.41, 5.74) is 1.86. The standard InChI is InChI=1S/C19H24N2O3S/c1-14(2)11-12-20-19(22)16-5-4-6-18(13-16)25(23,24)21-17-9-7-15(3)8-10-17/h4-10,13-14,21H,11-12H2,1-3H3,(H,20,22). The third-order valence-corrected chi connectivity index (χ3v) is 5.10. The lowest BCUT2D eigenvalue weighted by Gasteiger charge is -2.10. The molecule has 2 N–H and O–H groups in total. The van der Waals surface area contributed by atoms with Gasteiger partial charge in [0.05, 0.1) is 4.90 Å². The van der Waals surface area contributed by atoms with E-state index < -0.39 is 10.0 Å². The fraction of sp³-hybridized carbons (Fsp3) is 0.316. The van der Waals surface area contributed by atoms with Gasteiger partial charge in [-0.05, 0) is 49.6 Å². The largest absolute Gasteiger partial charge is 0.352 e. The summed E-state index contributed by atoms with van der Waals surface area (Å²) in [6, 6.07) is 13.1. The number of hydrogen-bond acceptors (Lipinski definition) is 3. The van der Waals surface area contributed by atoms with Crippen molar-refractivity contribution in [3.05, 3.63) is 59.7 Å². The topological polar surface area (TPSA) is 75.3 Å². The van der Waals surface area contributed by atoms with Crippen molar-refractivity contribution >= 4 is 21.6 Å². The predicted octanol–water partition coefficient (Wildman–Crippen LogP) is 3.57. The van der Waals surface area contributed by atoms with E-state index in [1.165, 1.54) is 12.1 Å². The van der Waals surface area contributed by atoms with Gasteiger partial charge in [-0.1, -0.05) is 37.6 Å². The van der Waals surface area contributed by atoms with E-state index in [1.54, 1.807) is 24.3 Å². The van der Waals surface area contributed by atoms with Gasteiger partial charge in [0, 0.05) is 17.8 Å². The van der Waals surface area contributed by atoms with E-state index in [-0.39, 0.29) is 10.8 Å². The van der Waals surface area contributed by atoms with Gasteiger partial charge in [-0.3, -0.25) is 9.52 Å². The molecule has 0 spiro atoms. The maximum absolute atomic E-state index is 12.5. The highest BCUT2D eigenvalue weighted by molar-refractivity contribution is 7.92. The van der Waals surface area contributed by atoms with E-state index in [0.717, 1.165) is 12.0 Å². The van der Waals surface area contributed by atoms with E-state index in [2.05, 4.69) is 23.9 Å². The molecule has 25 heavy (non-hydrogen) atoms. The zero-order valence-electron chi connectivity index (χ0n) is 14.7. The molecular weight excluding hydrogens is 336 g/mol. The number of amides is 1. The molecule has 5 nitrogen and oxygen atoms in total. The SMILES string of the molecule is Cc1ccc(NS(=O)(=O)c2cccc(C(=O)NCCC(C)C)c2)cc1. The molecule has 0 saturated heterocycles. The number of rotatable bonds is 7.